The van der Waals surface area contributed by atoms with Crippen LogP contribution < -0.4 is 5.32 Å². The Labute approximate surface area is 107 Å². The molecule has 18 heavy (non-hydrogen) atoms. The molecular weight excluding hydrogens is 230 g/mol. The Bertz CT molecular complexity index is 412. The van der Waals surface area contributed by atoms with Gasteiger partial charge in [-0.05, 0) is 17.5 Å². The lowest BCUT2D eigenvalue weighted by molar-refractivity contribution is -0.137. The quantitative estimate of drug-likeness (QED) is 0.809. The summed E-state index contributed by atoms with van der Waals surface area (Å²) < 4.78 is 0. The zero-order valence-corrected chi connectivity index (χ0v) is 10.8. The van der Waals surface area contributed by atoms with Gasteiger partial charge in [-0.25, -0.2) is 0 Å². The van der Waals surface area contributed by atoms with E-state index in [2.05, 4.69) is 12.2 Å². The van der Waals surface area contributed by atoms with Crippen molar-refractivity contribution in [2.24, 2.45) is 0 Å². The average Bonchev–Trinajstić information content (AvgIpc) is 2.34. The maximum atomic E-state index is 10.9. The van der Waals surface area contributed by atoms with Gasteiger partial charge < -0.3 is 10.4 Å². The van der Waals surface area contributed by atoms with Gasteiger partial charge in [-0.2, -0.15) is 0 Å². The molecule has 1 rings (SSSR count). The Morgan fingerprint density at radius 3 is 2.33 bits per heavy atom. The largest absolute Gasteiger partial charge is 0.481 e. The van der Waals surface area contributed by atoms with E-state index in [0.717, 1.165) is 12.0 Å². The number of carbonyl (C=O) groups excluding carboxylic acids is 1. The minimum Gasteiger partial charge on any atom is -0.481 e. The highest BCUT2D eigenvalue weighted by atomic mass is 16.4. The van der Waals surface area contributed by atoms with E-state index in [4.69, 9.17) is 5.11 Å². The predicted octanol–water partition coefficient (Wildman–Crippen LogP) is 1.94. The molecule has 0 saturated heterocycles. The Hall–Kier alpha value is -1.84. The molecule has 0 radical (unpaired) electrons. The molecular formula is C14H19NO3. The van der Waals surface area contributed by atoms with Crippen molar-refractivity contribution in [3.8, 4) is 0 Å². The van der Waals surface area contributed by atoms with Gasteiger partial charge in [0.05, 0.1) is 6.42 Å². The van der Waals surface area contributed by atoms with Gasteiger partial charge in [0.2, 0.25) is 5.91 Å². The summed E-state index contributed by atoms with van der Waals surface area (Å²) in [5.41, 5.74) is 2.16. The van der Waals surface area contributed by atoms with Crippen LogP contribution in [0.4, 0.5) is 0 Å². The molecule has 0 fully saturated rings. The van der Waals surface area contributed by atoms with Gasteiger partial charge in [-0.15, -0.1) is 0 Å². The molecule has 0 heterocycles. The lowest BCUT2D eigenvalue weighted by Gasteiger charge is -2.16. The summed E-state index contributed by atoms with van der Waals surface area (Å²) in [6.45, 7) is 3.85. The van der Waals surface area contributed by atoms with Crippen LogP contribution in [0.3, 0.4) is 0 Å². The molecule has 1 aromatic carbocycles. The van der Waals surface area contributed by atoms with Crippen LogP contribution in [-0.4, -0.2) is 23.5 Å². The van der Waals surface area contributed by atoms with E-state index in [9.17, 15) is 9.59 Å². The number of aliphatic carboxylic acids is 1. The van der Waals surface area contributed by atoms with E-state index in [1.54, 1.807) is 0 Å². The summed E-state index contributed by atoms with van der Waals surface area (Å²) in [4.78, 5) is 21.7. The Morgan fingerprint density at radius 1 is 1.28 bits per heavy atom. The second-order valence-electron chi connectivity index (χ2n) is 4.33. The molecule has 0 aliphatic rings. The summed E-state index contributed by atoms with van der Waals surface area (Å²) >= 11 is 0. The Balaban J connectivity index is 2.79. The van der Waals surface area contributed by atoms with Gasteiger partial charge in [0.15, 0.2) is 0 Å². The third-order valence-corrected chi connectivity index (χ3v) is 2.88. The number of carbonyl (C=O) groups is 2. The molecule has 2 N–H and O–H groups in total. The first-order valence-electron chi connectivity index (χ1n) is 6.08. The number of amides is 1. The van der Waals surface area contributed by atoms with Crippen LogP contribution in [0.1, 0.15) is 37.3 Å². The fourth-order valence-corrected chi connectivity index (χ4v) is 1.81. The van der Waals surface area contributed by atoms with Crippen LogP contribution in [0.15, 0.2) is 24.3 Å². The van der Waals surface area contributed by atoms with E-state index in [0.29, 0.717) is 6.54 Å². The van der Waals surface area contributed by atoms with Crippen molar-refractivity contribution in [1.29, 1.82) is 0 Å². The van der Waals surface area contributed by atoms with Crippen LogP contribution in [-0.2, 0) is 16.0 Å². The van der Waals surface area contributed by atoms with Crippen molar-refractivity contribution in [2.45, 2.75) is 32.6 Å². The van der Waals surface area contributed by atoms with E-state index >= 15 is 0 Å². The van der Waals surface area contributed by atoms with Crippen LogP contribution in [0, 0.1) is 0 Å². The first-order chi connectivity index (χ1) is 8.52. The standard InChI is InChI=1S/C14H19NO3/c1-3-11-4-6-12(7-5-11)13(8-14(17)18)9-15-10(2)16/h4-7,13H,3,8-9H2,1-2H3,(H,15,16)(H,17,18). The second-order valence-corrected chi connectivity index (χ2v) is 4.33. The van der Waals surface area contributed by atoms with E-state index in [1.165, 1.54) is 12.5 Å². The van der Waals surface area contributed by atoms with Crippen LogP contribution in [0.5, 0.6) is 0 Å². The Morgan fingerprint density at radius 2 is 1.89 bits per heavy atom. The van der Waals surface area contributed by atoms with Gasteiger partial charge in [-0.3, -0.25) is 9.59 Å². The number of carboxylic acid groups (broad SMARTS) is 1. The first-order valence-corrected chi connectivity index (χ1v) is 6.08. The molecule has 0 spiro atoms. The normalized spacial score (nSPS) is 11.9. The predicted molar refractivity (Wildman–Crippen MR) is 69.5 cm³/mol. The lowest BCUT2D eigenvalue weighted by atomic mass is 9.94. The third-order valence-electron chi connectivity index (χ3n) is 2.88. The van der Waals surface area contributed by atoms with Crippen LogP contribution in [0.25, 0.3) is 0 Å². The molecule has 4 heteroatoms. The molecule has 1 aromatic rings. The van der Waals surface area contributed by atoms with E-state index in [1.807, 2.05) is 24.3 Å². The smallest absolute Gasteiger partial charge is 0.304 e. The minimum atomic E-state index is -0.857. The SMILES string of the molecule is CCc1ccc(C(CNC(C)=O)CC(=O)O)cc1. The number of rotatable bonds is 6. The summed E-state index contributed by atoms with van der Waals surface area (Å²) in [5, 5.41) is 11.6. The summed E-state index contributed by atoms with van der Waals surface area (Å²) in [7, 11) is 0. The number of hydrogen-bond donors (Lipinski definition) is 2. The second kappa shape index (κ2) is 6.79. The summed E-state index contributed by atoms with van der Waals surface area (Å²) in [6, 6.07) is 7.87. The zero-order valence-electron chi connectivity index (χ0n) is 10.8. The molecule has 1 amide bonds. The Kier molecular flexibility index (Phi) is 5.36. The molecule has 0 saturated carbocycles. The molecule has 0 bridgehead atoms. The van der Waals surface area contributed by atoms with Crippen molar-refractivity contribution in [3.05, 3.63) is 35.4 Å². The third kappa shape index (κ3) is 4.57. The zero-order chi connectivity index (χ0) is 13.5. The minimum absolute atomic E-state index is 0.0196. The van der Waals surface area contributed by atoms with Gasteiger partial charge in [0, 0.05) is 19.4 Å². The number of aryl methyl sites for hydroxylation is 1. The number of nitrogens with one attached hydrogen (secondary N) is 1. The molecule has 0 aliphatic carbocycles. The highest BCUT2D eigenvalue weighted by Gasteiger charge is 2.15. The number of hydrogen-bond acceptors (Lipinski definition) is 2. The van der Waals surface area contributed by atoms with Crippen molar-refractivity contribution in [2.75, 3.05) is 6.54 Å². The van der Waals surface area contributed by atoms with Gasteiger partial charge in [0.1, 0.15) is 0 Å². The molecule has 4 nitrogen and oxygen atoms in total. The van der Waals surface area contributed by atoms with Gasteiger partial charge in [0.25, 0.3) is 0 Å². The fraction of sp³-hybridized carbons (Fsp3) is 0.429. The van der Waals surface area contributed by atoms with Crippen molar-refractivity contribution in [1.82, 2.24) is 5.32 Å². The topological polar surface area (TPSA) is 66.4 Å². The van der Waals surface area contributed by atoms with E-state index < -0.39 is 5.97 Å². The molecule has 1 unspecified atom stereocenters. The summed E-state index contributed by atoms with van der Waals surface area (Å²) in [5.74, 6) is -1.18. The summed E-state index contributed by atoms with van der Waals surface area (Å²) in [6.07, 6.45) is 0.974. The first kappa shape index (κ1) is 14.2. The van der Waals surface area contributed by atoms with Gasteiger partial charge in [-0.1, -0.05) is 31.2 Å². The maximum absolute atomic E-state index is 10.9. The highest BCUT2D eigenvalue weighted by molar-refractivity contribution is 5.73. The average molecular weight is 249 g/mol. The number of carboxylic acids is 1. The monoisotopic (exact) mass is 249 g/mol. The lowest BCUT2D eigenvalue weighted by Crippen LogP contribution is -2.27. The molecule has 0 aromatic heterocycles. The van der Waals surface area contributed by atoms with Crippen molar-refractivity contribution >= 4 is 11.9 Å². The van der Waals surface area contributed by atoms with Crippen LogP contribution in [0.2, 0.25) is 0 Å². The molecule has 0 aliphatic heterocycles. The van der Waals surface area contributed by atoms with Crippen molar-refractivity contribution < 1.29 is 14.7 Å². The number of benzene rings is 1. The van der Waals surface area contributed by atoms with Gasteiger partial charge >= 0.3 is 5.97 Å². The van der Waals surface area contributed by atoms with Crippen molar-refractivity contribution in [3.63, 3.8) is 0 Å². The maximum Gasteiger partial charge on any atom is 0.304 e. The molecule has 1 atom stereocenters. The fourth-order valence-electron chi connectivity index (χ4n) is 1.81. The van der Waals surface area contributed by atoms with Crippen LogP contribution >= 0.6 is 0 Å². The van der Waals surface area contributed by atoms with E-state index in [-0.39, 0.29) is 18.2 Å². The highest BCUT2D eigenvalue weighted by Crippen LogP contribution is 2.20. The molecule has 98 valence electrons.